The van der Waals surface area contributed by atoms with Crippen LogP contribution in [-0.2, 0) is 0 Å². The Morgan fingerprint density at radius 1 is 1.29 bits per heavy atom. The predicted octanol–water partition coefficient (Wildman–Crippen LogP) is 1.98. The Hall–Kier alpha value is -2.69. The van der Waals surface area contributed by atoms with Crippen LogP contribution in [0.15, 0.2) is 18.5 Å². The summed E-state index contributed by atoms with van der Waals surface area (Å²) >= 11 is 0. The van der Waals surface area contributed by atoms with E-state index in [1.807, 2.05) is 26.1 Å². The molecule has 5 heteroatoms. The van der Waals surface area contributed by atoms with Gasteiger partial charge >= 0.3 is 0 Å². The van der Waals surface area contributed by atoms with Gasteiger partial charge < -0.3 is 4.98 Å². The number of allylic oxidation sites excluding steroid dienone is 2. The number of aromatic amines is 2. The fraction of sp³-hybridized carbons (Fsp3) is 0.188. The maximum atomic E-state index is 4.69. The number of rotatable bonds is 2. The van der Waals surface area contributed by atoms with E-state index in [0.29, 0.717) is 5.82 Å². The molecule has 0 amide bonds. The molecule has 0 fully saturated rings. The van der Waals surface area contributed by atoms with E-state index in [0.717, 1.165) is 38.4 Å². The maximum Gasteiger partial charge on any atom is 0.159 e. The van der Waals surface area contributed by atoms with Crippen molar-refractivity contribution >= 4 is 29.3 Å². The molecule has 5 nitrogen and oxygen atoms in total. The molecule has 21 heavy (non-hydrogen) atoms. The third kappa shape index (κ3) is 2.07. The van der Waals surface area contributed by atoms with E-state index in [1.54, 1.807) is 6.20 Å². The topological polar surface area (TPSA) is 70.2 Å². The summed E-state index contributed by atoms with van der Waals surface area (Å²) in [5.74, 6) is 0.706. The van der Waals surface area contributed by atoms with Gasteiger partial charge in [0, 0.05) is 17.0 Å². The van der Waals surface area contributed by atoms with E-state index in [4.69, 9.17) is 0 Å². The highest BCUT2D eigenvalue weighted by atomic mass is 15.1. The molecule has 3 rings (SSSR count). The Kier molecular flexibility index (Phi) is 3.17. The summed E-state index contributed by atoms with van der Waals surface area (Å²) in [6, 6.07) is 0. The zero-order chi connectivity index (χ0) is 15.0. The molecule has 3 heterocycles. The number of H-pyrrole nitrogens is 2. The van der Waals surface area contributed by atoms with Gasteiger partial charge in [-0.05, 0) is 26.3 Å². The van der Waals surface area contributed by atoms with Crippen LogP contribution in [0.25, 0.3) is 40.8 Å². The Morgan fingerprint density at radius 3 is 2.76 bits per heavy atom. The Bertz CT molecular complexity index is 943. The van der Waals surface area contributed by atoms with E-state index < -0.39 is 0 Å². The highest BCUT2D eigenvalue weighted by molar-refractivity contribution is 5.89. The number of nitrogens with one attached hydrogen (secondary N) is 2. The number of nitrogens with zero attached hydrogens (tertiary/aromatic N) is 3. The van der Waals surface area contributed by atoms with Crippen LogP contribution in [0.3, 0.4) is 0 Å². The smallest absolute Gasteiger partial charge is 0.159 e. The van der Waals surface area contributed by atoms with Crippen LogP contribution in [-0.4, -0.2) is 25.1 Å². The van der Waals surface area contributed by atoms with Gasteiger partial charge in [0.05, 0.1) is 22.6 Å². The molecule has 0 bridgehead atoms. The summed E-state index contributed by atoms with van der Waals surface area (Å²) in [6.07, 6.45) is 7.61. The molecule has 0 atom stereocenters. The van der Waals surface area contributed by atoms with Crippen LogP contribution in [0.5, 0.6) is 0 Å². The van der Waals surface area contributed by atoms with Crippen molar-refractivity contribution in [1.29, 1.82) is 0 Å². The summed E-state index contributed by atoms with van der Waals surface area (Å²) in [7, 11) is 0. The average Bonchev–Trinajstić information content (AvgIpc) is 3.08. The van der Waals surface area contributed by atoms with Crippen LogP contribution in [0.2, 0.25) is 0 Å². The lowest BCUT2D eigenvalue weighted by Gasteiger charge is -1.99. The first kappa shape index (κ1) is 13.3. The van der Waals surface area contributed by atoms with E-state index in [2.05, 4.69) is 44.7 Å². The lowest BCUT2D eigenvalue weighted by atomic mass is 10.1. The molecule has 3 aromatic heterocycles. The minimum atomic E-state index is 0.706. The fourth-order valence-electron chi connectivity index (χ4n) is 2.30. The molecule has 0 spiro atoms. The zero-order valence-corrected chi connectivity index (χ0v) is 12.4. The second kappa shape index (κ2) is 5.01. The van der Waals surface area contributed by atoms with Crippen molar-refractivity contribution in [2.75, 3.05) is 0 Å². The molecule has 0 saturated heterocycles. The standard InChI is InChI=1S/C16H17N5/c1-5-9(3)11-7-17-8-13-15(11)19-16(18-13)14-10(4)12(6-2)20-21-14/h5-8,20H,4H2,1-3H3,(H,18,19). The summed E-state index contributed by atoms with van der Waals surface area (Å²) < 4.78 is 0. The monoisotopic (exact) mass is 279 g/mol. The van der Waals surface area contributed by atoms with Crippen LogP contribution < -0.4 is 10.6 Å². The van der Waals surface area contributed by atoms with Crippen molar-refractivity contribution in [2.45, 2.75) is 20.8 Å². The van der Waals surface area contributed by atoms with Gasteiger partial charge in [-0.3, -0.25) is 10.1 Å². The van der Waals surface area contributed by atoms with E-state index in [1.165, 1.54) is 0 Å². The van der Waals surface area contributed by atoms with Crippen LogP contribution in [0, 0.1) is 0 Å². The first-order valence-corrected chi connectivity index (χ1v) is 6.82. The van der Waals surface area contributed by atoms with E-state index >= 15 is 0 Å². The van der Waals surface area contributed by atoms with Crippen molar-refractivity contribution in [3.05, 3.63) is 34.6 Å². The molecule has 0 saturated carbocycles. The summed E-state index contributed by atoms with van der Waals surface area (Å²) in [5, 5.41) is 9.01. The van der Waals surface area contributed by atoms with Crippen LogP contribution >= 0.6 is 0 Å². The van der Waals surface area contributed by atoms with E-state index in [-0.39, 0.29) is 0 Å². The summed E-state index contributed by atoms with van der Waals surface area (Å²) in [4.78, 5) is 12.2. The molecular weight excluding hydrogens is 262 g/mol. The van der Waals surface area contributed by atoms with Gasteiger partial charge in [0.1, 0.15) is 5.69 Å². The van der Waals surface area contributed by atoms with Crippen LogP contribution in [0.4, 0.5) is 0 Å². The Labute approximate surface area is 122 Å². The molecule has 0 radical (unpaired) electrons. The molecule has 0 aromatic carbocycles. The van der Waals surface area contributed by atoms with E-state index in [9.17, 15) is 0 Å². The third-order valence-corrected chi connectivity index (χ3v) is 3.66. The number of pyridine rings is 1. The normalized spacial score (nSPS) is 13.3. The zero-order valence-electron chi connectivity index (χ0n) is 12.4. The van der Waals surface area contributed by atoms with Crippen molar-refractivity contribution in [2.24, 2.45) is 0 Å². The number of aromatic nitrogens is 5. The van der Waals surface area contributed by atoms with Crippen molar-refractivity contribution in [3.63, 3.8) is 0 Å². The predicted molar refractivity (Wildman–Crippen MR) is 85.7 cm³/mol. The first-order valence-electron chi connectivity index (χ1n) is 6.82. The van der Waals surface area contributed by atoms with Crippen molar-refractivity contribution in [3.8, 4) is 11.5 Å². The van der Waals surface area contributed by atoms with Crippen molar-refractivity contribution in [1.82, 2.24) is 25.1 Å². The minimum absolute atomic E-state index is 0.706. The van der Waals surface area contributed by atoms with Gasteiger partial charge in [-0.25, -0.2) is 4.98 Å². The second-order valence-corrected chi connectivity index (χ2v) is 4.89. The Morgan fingerprint density at radius 2 is 2.10 bits per heavy atom. The lowest BCUT2D eigenvalue weighted by molar-refractivity contribution is 1.05. The minimum Gasteiger partial charge on any atom is -0.335 e. The van der Waals surface area contributed by atoms with Gasteiger partial charge in [0.25, 0.3) is 0 Å². The molecule has 2 N–H and O–H groups in total. The third-order valence-electron chi connectivity index (χ3n) is 3.66. The number of fused-ring (bicyclic) bond motifs is 1. The second-order valence-electron chi connectivity index (χ2n) is 4.89. The molecule has 0 aliphatic heterocycles. The molecule has 0 aliphatic rings. The van der Waals surface area contributed by atoms with Crippen LogP contribution in [0.1, 0.15) is 26.3 Å². The van der Waals surface area contributed by atoms with Gasteiger partial charge in [0.15, 0.2) is 5.82 Å². The molecule has 0 aliphatic carbocycles. The maximum absolute atomic E-state index is 4.69. The van der Waals surface area contributed by atoms with Gasteiger partial charge in [-0.15, -0.1) is 0 Å². The van der Waals surface area contributed by atoms with Gasteiger partial charge in [-0.1, -0.05) is 18.7 Å². The SMILES string of the molecule is C=c1c(-c2nc3c(C(C)=CC)cncc3[nH]2)n[nH]c1=CC. The molecule has 0 unspecified atom stereocenters. The Balaban J connectivity index is 2.27. The number of imidazole rings is 1. The lowest BCUT2D eigenvalue weighted by Crippen LogP contribution is -2.21. The van der Waals surface area contributed by atoms with Crippen molar-refractivity contribution < 1.29 is 0 Å². The molecule has 106 valence electrons. The fourth-order valence-corrected chi connectivity index (χ4v) is 2.30. The van der Waals surface area contributed by atoms with Gasteiger partial charge in [0.2, 0.25) is 0 Å². The highest BCUT2D eigenvalue weighted by Gasteiger charge is 2.12. The number of hydrogen-bond acceptors (Lipinski definition) is 3. The molecular formula is C16H17N5. The summed E-state index contributed by atoms with van der Waals surface area (Å²) in [5.41, 5.74) is 4.71. The highest BCUT2D eigenvalue weighted by Crippen LogP contribution is 2.23. The quantitative estimate of drug-likeness (QED) is 0.753. The van der Waals surface area contributed by atoms with Gasteiger partial charge in [-0.2, -0.15) is 5.10 Å². The average molecular weight is 279 g/mol. The largest absolute Gasteiger partial charge is 0.335 e. The number of hydrogen-bond donors (Lipinski definition) is 2. The first-order chi connectivity index (χ1) is 10.2. The summed E-state index contributed by atoms with van der Waals surface area (Å²) in [6.45, 7) is 10.1. The molecule has 3 aromatic rings.